The van der Waals surface area contributed by atoms with Crippen LogP contribution < -0.4 is 5.32 Å². The van der Waals surface area contributed by atoms with Gasteiger partial charge in [0, 0.05) is 17.4 Å². The maximum absolute atomic E-state index is 13.5. The molecule has 1 heterocycles. The Hall–Kier alpha value is -2.99. The Labute approximate surface area is 205 Å². The van der Waals surface area contributed by atoms with E-state index in [9.17, 15) is 37.1 Å². The van der Waals surface area contributed by atoms with E-state index in [-0.39, 0.29) is 12.0 Å². The molecule has 1 fully saturated rings. The SMILES string of the molecule is CC(N(Cc1ccc(F)cc1)C(=O)CN1C(=O)NC2(CC(O)c3cc(Br)ccc32)C1=O)C(F)(F)F. The molecule has 1 aliphatic heterocycles. The quantitative estimate of drug-likeness (QED) is 0.433. The summed E-state index contributed by atoms with van der Waals surface area (Å²) in [6.45, 7) is -0.656. The number of urea groups is 1. The number of aliphatic hydroxyl groups is 1. The van der Waals surface area contributed by atoms with Crippen molar-refractivity contribution in [3.63, 3.8) is 0 Å². The van der Waals surface area contributed by atoms with Crippen molar-refractivity contribution in [1.29, 1.82) is 0 Å². The molecule has 3 unspecified atom stereocenters. The predicted molar refractivity (Wildman–Crippen MR) is 118 cm³/mol. The molecular weight excluding hydrogens is 538 g/mol. The van der Waals surface area contributed by atoms with Gasteiger partial charge in [-0.2, -0.15) is 13.2 Å². The number of amides is 4. The zero-order valence-electron chi connectivity index (χ0n) is 18.3. The van der Waals surface area contributed by atoms with Crippen molar-refractivity contribution in [3.8, 4) is 0 Å². The average molecular weight is 558 g/mol. The first-order valence-electron chi connectivity index (χ1n) is 10.6. The number of hydrogen-bond acceptors (Lipinski definition) is 4. The molecular formula is C23H20BrF4N3O4. The summed E-state index contributed by atoms with van der Waals surface area (Å²) in [7, 11) is 0. The lowest BCUT2D eigenvalue weighted by atomic mass is 9.92. The second kappa shape index (κ2) is 8.90. The first-order valence-corrected chi connectivity index (χ1v) is 11.4. The molecule has 2 aromatic carbocycles. The zero-order valence-corrected chi connectivity index (χ0v) is 19.9. The van der Waals surface area contributed by atoms with Crippen molar-refractivity contribution in [3.05, 3.63) is 69.4 Å². The maximum Gasteiger partial charge on any atom is 0.408 e. The summed E-state index contributed by atoms with van der Waals surface area (Å²) in [5.41, 5.74) is -0.606. The number of carbonyl (C=O) groups excluding carboxylic acids is 3. The van der Waals surface area contributed by atoms with Gasteiger partial charge in [-0.1, -0.05) is 34.1 Å². The van der Waals surface area contributed by atoms with Gasteiger partial charge in [-0.15, -0.1) is 0 Å². The van der Waals surface area contributed by atoms with Crippen molar-refractivity contribution >= 4 is 33.8 Å². The third kappa shape index (κ3) is 4.52. The summed E-state index contributed by atoms with van der Waals surface area (Å²) in [4.78, 5) is 40.1. The minimum atomic E-state index is -4.78. The molecule has 186 valence electrons. The standard InChI is InChI=1S/C23H20BrF4N3O4/c1-12(23(26,27)28)30(10-13-2-5-15(25)6-3-13)19(33)11-31-20(34)22(29-21(31)35)9-18(32)16-8-14(24)4-7-17(16)22/h2-8,12,18,32H,9-11H2,1H3,(H,29,35). The first-order chi connectivity index (χ1) is 16.3. The fraction of sp³-hybridized carbons (Fsp3) is 0.348. The lowest BCUT2D eigenvalue weighted by molar-refractivity contribution is -0.187. The van der Waals surface area contributed by atoms with Crippen LogP contribution in [0.1, 0.15) is 36.1 Å². The number of hydrogen-bond donors (Lipinski definition) is 2. The molecule has 2 aromatic rings. The fourth-order valence-corrected chi connectivity index (χ4v) is 4.81. The van der Waals surface area contributed by atoms with Gasteiger partial charge >= 0.3 is 12.2 Å². The van der Waals surface area contributed by atoms with Crippen LogP contribution in [0.15, 0.2) is 46.9 Å². The number of fused-ring (bicyclic) bond motifs is 2. The Balaban J connectivity index is 1.60. The van der Waals surface area contributed by atoms with E-state index in [4.69, 9.17) is 0 Å². The molecule has 3 atom stereocenters. The number of benzene rings is 2. The van der Waals surface area contributed by atoms with Crippen molar-refractivity contribution in [1.82, 2.24) is 15.1 Å². The van der Waals surface area contributed by atoms with Crippen LogP contribution in [0, 0.1) is 5.82 Å². The van der Waals surface area contributed by atoms with Crippen molar-refractivity contribution in [2.75, 3.05) is 6.54 Å². The smallest absolute Gasteiger partial charge is 0.388 e. The number of alkyl halides is 3. The highest BCUT2D eigenvalue weighted by molar-refractivity contribution is 9.10. The highest BCUT2D eigenvalue weighted by atomic mass is 79.9. The summed E-state index contributed by atoms with van der Waals surface area (Å²) in [5.74, 6) is -2.54. The van der Waals surface area contributed by atoms with Gasteiger partial charge in [-0.05, 0) is 47.9 Å². The topological polar surface area (TPSA) is 90.0 Å². The minimum Gasteiger partial charge on any atom is -0.388 e. The molecule has 1 saturated heterocycles. The van der Waals surface area contributed by atoms with Gasteiger partial charge in [0.25, 0.3) is 5.91 Å². The molecule has 1 aliphatic carbocycles. The highest BCUT2D eigenvalue weighted by Gasteiger charge is 2.58. The molecule has 1 spiro atoms. The van der Waals surface area contributed by atoms with Crippen LogP contribution in [0.5, 0.6) is 0 Å². The molecule has 12 heteroatoms. The third-order valence-electron chi connectivity index (χ3n) is 6.33. The van der Waals surface area contributed by atoms with Crippen LogP contribution in [0.25, 0.3) is 0 Å². The van der Waals surface area contributed by atoms with Crippen molar-refractivity contribution in [2.24, 2.45) is 0 Å². The largest absolute Gasteiger partial charge is 0.408 e. The van der Waals surface area contributed by atoms with Gasteiger partial charge in [-0.3, -0.25) is 14.5 Å². The van der Waals surface area contributed by atoms with Crippen LogP contribution in [0.4, 0.5) is 22.4 Å². The number of nitrogens with one attached hydrogen (secondary N) is 1. The number of aliphatic hydroxyl groups excluding tert-OH is 1. The van der Waals surface area contributed by atoms with Crippen LogP contribution in [-0.2, 0) is 21.7 Å². The summed E-state index contributed by atoms with van der Waals surface area (Å²) in [5, 5.41) is 13.0. The molecule has 0 bridgehead atoms. The monoisotopic (exact) mass is 557 g/mol. The van der Waals surface area contributed by atoms with E-state index in [1.165, 1.54) is 12.1 Å². The molecule has 35 heavy (non-hydrogen) atoms. The van der Waals surface area contributed by atoms with Gasteiger partial charge in [0.05, 0.1) is 6.10 Å². The zero-order chi connectivity index (χ0) is 25.7. The Morgan fingerprint density at radius 1 is 1.26 bits per heavy atom. The summed E-state index contributed by atoms with van der Waals surface area (Å²) < 4.78 is 54.5. The van der Waals surface area contributed by atoms with E-state index >= 15 is 0 Å². The normalized spacial score (nSPS) is 22.4. The highest BCUT2D eigenvalue weighted by Crippen LogP contribution is 2.47. The van der Waals surface area contributed by atoms with Gasteiger partial charge in [0.1, 0.15) is 23.9 Å². The average Bonchev–Trinajstić information content (AvgIpc) is 3.19. The van der Waals surface area contributed by atoms with E-state index in [1.54, 1.807) is 18.2 Å². The van der Waals surface area contributed by atoms with Gasteiger partial charge in [0.15, 0.2) is 0 Å². The molecule has 4 amide bonds. The lowest BCUT2D eigenvalue weighted by Gasteiger charge is -2.32. The summed E-state index contributed by atoms with van der Waals surface area (Å²) in [6, 6.07) is 6.21. The second-order valence-electron chi connectivity index (χ2n) is 8.54. The number of carbonyl (C=O) groups is 3. The maximum atomic E-state index is 13.5. The Bertz CT molecular complexity index is 1190. The molecule has 7 nitrogen and oxygen atoms in total. The summed E-state index contributed by atoms with van der Waals surface area (Å²) >= 11 is 3.28. The first kappa shape index (κ1) is 25.1. The number of halogens is 5. The van der Waals surface area contributed by atoms with Crippen molar-refractivity contribution < 1.29 is 37.1 Å². The lowest BCUT2D eigenvalue weighted by Crippen LogP contribution is -2.51. The van der Waals surface area contributed by atoms with E-state index in [2.05, 4.69) is 21.2 Å². The van der Waals surface area contributed by atoms with Crippen molar-refractivity contribution in [2.45, 2.75) is 43.8 Å². The molecule has 2 N–H and O–H groups in total. The summed E-state index contributed by atoms with van der Waals surface area (Å²) in [6.07, 6.45) is -6.02. The van der Waals surface area contributed by atoms with E-state index in [1.807, 2.05) is 0 Å². The number of imide groups is 1. The van der Waals surface area contributed by atoms with Crippen LogP contribution in [-0.4, -0.2) is 51.5 Å². The third-order valence-corrected chi connectivity index (χ3v) is 6.82. The molecule has 4 rings (SSSR count). The number of rotatable bonds is 5. The van der Waals surface area contributed by atoms with Gasteiger partial charge in [-0.25, -0.2) is 9.18 Å². The fourth-order valence-electron chi connectivity index (χ4n) is 4.43. The predicted octanol–water partition coefficient (Wildman–Crippen LogP) is 3.75. The van der Waals surface area contributed by atoms with E-state index < -0.39 is 60.6 Å². The molecule has 0 saturated carbocycles. The Morgan fingerprint density at radius 2 is 1.91 bits per heavy atom. The van der Waals surface area contributed by atoms with E-state index in [0.717, 1.165) is 19.1 Å². The van der Waals surface area contributed by atoms with Crippen LogP contribution in [0.2, 0.25) is 0 Å². The Kier molecular flexibility index (Phi) is 6.39. The van der Waals surface area contributed by atoms with Crippen LogP contribution >= 0.6 is 15.9 Å². The van der Waals surface area contributed by atoms with Gasteiger partial charge < -0.3 is 15.3 Å². The Morgan fingerprint density at radius 3 is 2.54 bits per heavy atom. The van der Waals surface area contributed by atoms with Gasteiger partial charge in [0.2, 0.25) is 5.91 Å². The number of nitrogens with zero attached hydrogens (tertiary/aromatic N) is 2. The van der Waals surface area contributed by atoms with Crippen LogP contribution in [0.3, 0.4) is 0 Å². The minimum absolute atomic E-state index is 0.174. The van der Waals surface area contributed by atoms with E-state index in [0.29, 0.717) is 25.4 Å². The molecule has 2 aliphatic rings. The molecule has 0 radical (unpaired) electrons. The molecule has 0 aromatic heterocycles. The second-order valence-corrected chi connectivity index (χ2v) is 9.46.